The predicted molar refractivity (Wildman–Crippen MR) is 111 cm³/mol. The van der Waals surface area contributed by atoms with Gasteiger partial charge >= 0.3 is 0 Å². The molecule has 1 aromatic carbocycles. The number of carbonyl (C=O) groups is 1. The molecule has 150 valence electrons. The molecule has 7 nitrogen and oxygen atoms in total. The number of rotatable bonds is 5. The average molecular weight is 391 g/mol. The van der Waals surface area contributed by atoms with Crippen molar-refractivity contribution >= 4 is 11.6 Å². The van der Waals surface area contributed by atoms with Crippen LogP contribution in [0.1, 0.15) is 29.8 Å². The highest BCUT2D eigenvalue weighted by Crippen LogP contribution is 2.16. The van der Waals surface area contributed by atoms with Gasteiger partial charge in [0, 0.05) is 37.6 Å². The van der Waals surface area contributed by atoms with Crippen LogP contribution in [0.2, 0.25) is 0 Å². The number of nitrogens with one attached hydrogen (secondary N) is 1. The van der Waals surface area contributed by atoms with E-state index in [1.807, 2.05) is 42.6 Å². The summed E-state index contributed by atoms with van der Waals surface area (Å²) < 4.78 is 7.59. The fourth-order valence-corrected chi connectivity index (χ4v) is 3.64. The summed E-state index contributed by atoms with van der Waals surface area (Å²) in [5.74, 6) is 0.596. The molecule has 0 spiro atoms. The molecule has 3 aromatic rings. The lowest BCUT2D eigenvalue weighted by atomic mass is 10.1. The number of imidazole rings is 1. The van der Waals surface area contributed by atoms with E-state index < -0.39 is 0 Å². The number of carbonyl (C=O) groups excluding carboxylic acids is 1. The first kappa shape index (κ1) is 19.3. The van der Waals surface area contributed by atoms with Gasteiger partial charge in [-0.2, -0.15) is 0 Å². The van der Waals surface area contributed by atoms with Crippen LogP contribution in [0.25, 0.3) is 5.82 Å². The van der Waals surface area contributed by atoms with E-state index in [2.05, 4.69) is 34.0 Å². The Labute approximate surface area is 170 Å². The number of benzene rings is 1. The van der Waals surface area contributed by atoms with Crippen LogP contribution in [-0.2, 0) is 11.3 Å². The van der Waals surface area contributed by atoms with Crippen LogP contribution >= 0.6 is 0 Å². The molecule has 29 heavy (non-hydrogen) atoms. The molecule has 0 saturated carbocycles. The summed E-state index contributed by atoms with van der Waals surface area (Å²) in [4.78, 5) is 23.3. The fraction of sp³-hybridized carbons (Fsp3) is 0.318. The minimum Gasteiger partial charge on any atom is -0.373 e. The van der Waals surface area contributed by atoms with Crippen LogP contribution in [-0.4, -0.2) is 50.6 Å². The molecule has 2 aromatic heterocycles. The van der Waals surface area contributed by atoms with E-state index in [0.29, 0.717) is 11.3 Å². The maximum absolute atomic E-state index is 12.5. The van der Waals surface area contributed by atoms with E-state index in [9.17, 15) is 4.79 Å². The standard InChI is InChI=1S/C22H25N5O2/c1-16-12-26(13-17(2)29-16)14-18-3-5-19(6-4-18)22(28)25-20-7-8-21(24-11-20)27-10-9-23-15-27/h3-11,15-17H,12-14H2,1-2H3,(H,25,28)/t16-,17-/m1/s1. The Kier molecular flexibility index (Phi) is 5.69. The lowest BCUT2D eigenvalue weighted by Gasteiger charge is -2.35. The van der Waals surface area contributed by atoms with E-state index in [1.165, 1.54) is 5.56 Å². The third-order valence-electron chi connectivity index (χ3n) is 4.89. The summed E-state index contributed by atoms with van der Waals surface area (Å²) in [7, 11) is 0. The number of anilines is 1. The van der Waals surface area contributed by atoms with E-state index in [4.69, 9.17) is 4.74 Å². The number of nitrogens with zero attached hydrogens (tertiary/aromatic N) is 4. The summed E-state index contributed by atoms with van der Waals surface area (Å²) in [6, 6.07) is 11.4. The normalized spacial score (nSPS) is 19.8. The molecule has 1 aliphatic heterocycles. The van der Waals surface area contributed by atoms with Gasteiger partial charge in [0.05, 0.1) is 24.1 Å². The summed E-state index contributed by atoms with van der Waals surface area (Å²) in [5, 5.41) is 2.89. The molecule has 2 atom stereocenters. The van der Waals surface area contributed by atoms with Gasteiger partial charge in [0.25, 0.3) is 5.91 Å². The van der Waals surface area contributed by atoms with Crippen LogP contribution in [0.5, 0.6) is 0 Å². The number of amides is 1. The first-order chi connectivity index (χ1) is 14.1. The summed E-state index contributed by atoms with van der Waals surface area (Å²) in [5.41, 5.74) is 2.46. The molecule has 7 heteroatoms. The van der Waals surface area contributed by atoms with Gasteiger partial charge in [-0.3, -0.25) is 14.3 Å². The second-order valence-corrected chi connectivity index (χ2v) is 7.48. The number of aromatic nitrogens is 3. The van der Waals surface area contributed by atoms with Crippen molar-refractivity contribution in [1.82, 2.24) is 19.4 Å². The Morgan fingerprint density at radius 1 is 1.14 bits per heavy atom. The van der Waals surface area contributed by atoms with Crippen molar-refractivity contribution < 1.29 is 9.53 Å². The van der Waals surface area contributed by atoms with Gasteiger partial charge in [-0.05, 0) is 43.7 Å². The molecule has 4 rings (SSSR count). The van der Waals surface area contributed by atoms with Gasteiger partial charge in [-0.15, -0.1) is 0 Å². The van der Waals surface area contributed by atoms with Crippen molar-refractivity contribution in [2.45, 2.75) is 32.6 Å². The Morgan fingerprint density at radius 3 is 2.52 bits per heavy atom. The molecule has 0 radical (unpaired) electrons. The highest BCUT2D eigenvalue weighted by molar-refractivity contribution is 6.04. The van der Waals surface area contributed by atoms with Crippen LogP contribution in [0.15, 0.2) is 61.3 Å². The Hall–Kier alpha value is -3.03. The third kappa shape index (κ3) is 4.88. The van der Waals surface area contributed by atoms with Crippen molar-refractivity contribution in [2.24, 2.45) is 0 Å². The molecule has 0 aliphatic carbocycles. The topological polar surface area (TPSA) is 72.3 Å². The van der Waals surface area contributed by atoms with Crippen LogP contribution in [0, 0.1) is 0 Å². The second kappa shape index (κ2) is 8.55. The molecule has 1 amide bonds. The average Bonchev–Trinajstić information content (AvgIpc) is 3.23. The zero-order chi connectivity index (χ0) is 20.2. The van der Waals surface area contributed by atoms with Crippen molar-refractivity contribution in [3.63, 3.8) is 0 Å². The molecular formula is C22H25N5O2. The molecule has 0 unspecified atom stereocenters. The number of ether oxygens (including phenoxy) is 1. The van der Waals surface area contributed by atoms with E-state index in [1.54, 1.807) is 23.3 Å². The van der Waals surface area contributed by atoms with Crippen molar-refractivity contribution in [3.8, 4) is 5.82 Å². The third-order valence-corrected chi connectivity index (χ3v) is 4.89. The number of morpholine rings is 1. The van der Waals surface area contributed by atoms with Crippen molar-refractivity contribution in [3.05, 3.63) is 72.4 Å². The van der Waals surface area contributed by atoms with Crippen molar-refractivity contribution in [2.75, 3.05) is 18.4 Å². The van der Waals surface area contributed by atoms with E-state index in [0.717, 1.165) is 25.5 Å². The smallest absolute Gasteiger partial charge is 0.255 e. The maximum atomic E-state index is 12.5. The van der Waals surface area contributed by atoms with Gasteiger partial charge in [0.15, 0.2) is 0 Å². The quantitative estimate of drug-likeness (QED) is 0.723. The second-order valence-electron chi connectivity index (χ2n) is 7.48. The van der Waals surface area contributed by atoms with Crippen LogP contribution in [0.4, 0.5) is 5.69 Å². The van der Waals surface area contributed by atoms with Gasteiger partial charge in [0.2, 0.25) is 0 Å². The molecule has 0 bridgehead atoms. The molecule has 1 fully saturated rings. The maximum Gasteiger partial charge on any atom is 0.255 e. The van der Waals surface area contributed by atoms with Crippen LogP contribution < -0.4 is 5.32 Å². The summed E-state index contributed by atoms with van der Waals surface area (Å²) in [6.45, 7) is 6.92. The van der Waals surface area contributed by atoms with Crippen LogP contribution in [0.3, 0.4) is 0 Å². The van der Waals surface area contributed by atoms with E-state index >= 15 is 0 Å². The fourth-order valence-electron chi connectivity index (χ4n) is 3.64. The van der Waals surface area contributed by atoms with E-state index in [-0.39, 0.29) is 18.1 Å². The highest BCUT2D eigenvalue weighted by Gasteiger charge is 2.22. The minimum atomic E-state index is -0.151. The Balaban J connectivity index is 1.35. The Morgan fingerprint density at radius 2 is 1.90 bits per heavy atom. The minimum absolute atomic E-state index is 0.151. The zero-order valence-corrected chi connectivity index (χ0v) is 16.7. The molecular weight excluding hydrogens is 366 g/mol. The monoisotopic (exact) mass is 391 g/mol. The highest BCUT2D eigenvalue weighted by atomic mass is 16.5. The lowest BCUT2D eigenvalue weighted by molar-refractivity contribution is -0.0704. The molecule has 3 heterocycles. The molecule has 1 saturated heterocycles. The number of hydrogen-bond donors (Lipinski definition) is 1. The predicted octanol–water partition coefficient (Wildman–Crippen LogP) is 3.13. The van der Waals surface area contributed by atoms with Gasteiger partial charge in [-0.1, -0.05) is 12.1 Å². The zero-order valence-electron chi connectivity index (χ0n) is 16.7. The first-order valence-corrected chi connectivity index (χ1v) is 9.79. The molecule has 1 aliphatic rings. The van der Waals surface area contributed by atoms with Gasteiger partial charge < -0.3 is 10.1 Å². The van der Waals surface area contributed by atoms with Crippen molar-refractivity contribution in [1.29, 1.82) is 0 Å². The Bertz CT molecular complexity index is 928. The first-order valence-electron chi connectivity index (χ1n) is 9.79. The largest absolute Gasteiger partial charge is 0.373 e. The summed E-state index contributed by atoms with van der Waals surface area (Å²) in [6.07, 6.45) is 7.33. The molecule has 1 N–H and O–H groups in total. The number of hydrogen-bond acceptors (Lipinski definition) is 5. The SMILES string of the molecule is C[C@@H]1CN(Cc2ccc(C(=O)Nc3ccc(-n4ccnc4)nc3)cc2)C[C@@H](C)O1. The van der Waals surface area contributed by atoms with Gasteiger partial charge in [0.1, 0.15) is 12.1 Å². The summed E-state index contributed by atoms with van der Waals surface area (Å²) >= 11 is 0. The number of pyridine rings is 1. The lowest BCUT2D eigenvalue weighted by Crippen LogP contribution is -2.44. The van der Waals surface area contributed by atoms with Gasteiger partial charge in [-0.25, -0.2) is 9.97 Å².